The first-order chi connectivity index (χ1) is 8.30. The normalized spacial score (nSPS) is 32.0. The molecule has 106 valence electrons. The summed E-state index contributed by atoms with van der Waals surface area (Å²) in [5.41, 5.74) is -0.698. The maximum atomic E-state index is 13.2. The lowest BCUT2D eigenvalue weighted by Gasteiger charge is -2.41. The zero-order chi connectivity index (χ0) is 13.4. The van der Waals surface area contributed by atoms with Crippen molar-refractivity contribution in [3.05, 3.63) is 0 Å². The number of aliphatic hydroxyl groups is 1. The summed E-state index contributed by atoms with van der Waals surface area (Å²) < 4.78 is 26.3. The van der Waals surface area contributed by atoms with Crippen LogP contribution in [-0.2, 0) is 0 Å². The topological polar surface area (TPSA) is 23.5 Å². The van der Waals surface area contributed by atoms with Gasteiger partial charge < -0.3 is 10.0 Å². The molecule has 0 aromatic heterocycles. The van der Waals surface area contributed by atoms with E-state index in [4.69, 9.17) is 0 Å². The number of nitrogens with zero attached hydrogens (tertiary/aromatic N) is 1. The van der Waals surface area contributed by atoms with Crippen LogP contribution in [0.3, 0.4) is 0 Å². The van der Waals surface area contributed by atoms with E-state index in [2.05, 4.69) is 18.7 Å². The number of halogens is 2. The first-order valence-electron chi connectivity index (χ1n) is 7.14. The van der Waals surface area contributed by atoms with Gasteiger partial charge in [0.25, 0.3) is 0 Å². The Morgan fingerprint density at radius 2 is 1.83 bits per heavy atom. The minimum absolute atomic E-state index is 0.00582. The highest BCUT2D eigenvalue weighted by molar-refractivity contribution is 4.92. The van der Waals surface area contributed by atoms with Crippen LogP contribution in [0.15, 0.2) is 0 Å². The van der Waals surface area contributed by atoms with Gasteiger partial charge >= 0.3 is 0 Å². The summed E-state index contributed by atoms with van der Waals surface area (Å²) in [7, 11) is 0. The Kier molecular flexibility index (Phi) is 3.98. The lowest BCUT2D eigenvalue weighted by molar-refractivity contribution is -0.0494. The largest absolute Gasteiger partial charge is 0.390 e. The minimum atomic E-state index is -2.49. The smallest absolute Gasteiger partial charge is 0.248 e. The summed E-state index contributed by atoms with van der Waals surface area (Å²) in [4.78, 5) is 2.34. The molecule has 1 atom stereocenters. The molecule has 2 aliphatic rings. The van der Waals surface area contributed by atoms with Crippen molar-refractivity contribution in [2.45, 2.75) is 69.9 Å². The second kappa shape index (κ2) is 5.04. The third-order valence-electron chi connectivity index (χ3n) is 4.63. The lowest BCUT2D eigenvalue weighted by Crippen LogP contribution is -2.47. The molecule has 0 aromatic rings. The Bertz CT molecular complexity index is 286. The molecule has 4 heteroatoms. The van der Waals surface area contributed by atoms with Crippen LogP contribution in [0.25, 0.3) is 0 Å². The average molecular weight is 261 g/mol. The van der Waals surface area contributed by atoms with E-state index < -0.39 is 11.5 Å². The molecule has 2 nitrogen and oxygen atoms in total. The van der Waals surface area contributed by atoms with E-state index in [1.165, 1.54) is 0 Å². The number of hydrogen-bond donors (Lipinski definition) is 1. The van der Waals surface area contributed by atoms with E-state index in [9.17, 15) is 13.9 Å². The molecule has 1 unspecified atom stereocenters. The van der Waals surface area contributed by atoms with Crippen LogP contribution < -0.4 is 0 Å². The van der Waals surface area contributed by atoms with E-state index in [0.717, 1.165) is 25.9 Å². The van der Waals surface area contributed by atoms with Gasteiger partial charge in [0.1, 0.15) is 0 Å². The van der Waals surface area contributed by atoms with Crippen molar-refractivity contribution in [2.24, 2.45) is 5.92 Å². The van der Waals surface area contributed by atoms with Gasteiger partial charge in [-0.25, -0.2) is 8.78 Å². The van der Waals surface area contributed by atoms with E-state index >= 15 is 0 Å². The second-order valence-corrected chi connectivity index (χ2v) is 6.52. The Balaban J connectivity index is 1.83. The molecule has 1 saturated heterocycles. The van der Waals surface area contributed by atoms with Gasteiger partial charge in [-0.15, -0.1) is 0 Å². The summed E-state index contributed by atoms with van der Waals surface area (Å²) in [6.45, 7) is 6.08. The van der Waals surface area contributed by atoms with Crippen molar-refractivity contribution in [3.8, 4) is 0 Å². The van der Waals surface area contributed by atoms with Gasteiger partial charge in [0.15, 0.2) is 0 Å². The third kappa shape index (κ3) is 3.41. The molecule has 1 heterocycles. The van der Waals surface area contributed by atoms with Crippen LogP contribution in [0.5, 0.6) is 0 Å². The van der Waals surface area contributed by atoms with Gasteiger partial charge in [0, 0.05) is 32.0 Å². The molecule has 1 aliphatic heterocycles. The predicted molar refractivity (Wildman–Crippen MR) is 67.8 cm³/mol. The first-order valence-corrected chi connectivity index (χ1v) is 7.14. The van der Waals surface area contributed by atoms with E-state index in [-0.39, 0.29) is 18.8 Å². The average Bonchev–Trinajstić information content (AvgIpc) is 2.57. The quantitative estimate of drug-likeness (QED) is 0.844. The molecule has 0 radical (unpaired) electrons. The van der Waals surface area contributed by atoms with Gasteiger partial charge in [-0.2, -0.15) is 0 Å². The number of alkyl halides is 2. The summed E-state index contributed by atoms with van der Waals surface area (Å²) in [6.07, 6.45) is 2.58. The molecule has 0 spiro atoms. The molecular weight excluding hydrogens is 236 g/mol. The van der Waals surface area contributed by atoms with Gasteiger partial charge in [-0.1, -0.05) is 0 Å². The fraction of sp³-hybridized carbons (Fsp3) is 1.00. The van der Waals surface area contributed by atoms with Gasteiger partial charge in [0.2, 0.25) is 5.92 Å². The van der Waals surface area contributed by atoms with Crippen LogP contribution in [-0.4, -0.2) is 40.7 Å². The predicted octanol–water partition coefficient (Wildman–Crippen LogP) is 3.05. The molecular formula is C14H25F2NO. The Hall–Kier alpha value is -0.220. The number of likely N-dealkylation sites (tertiary alicyclic amines) is 1. The van der Waals surface area contributed by atoms with Gasteiger partial charge in [-0.3, -0.25) is 0 Å². The molecule has 2 fully saturated rings. The van der Waals surface area contributed by atoms with Crippen LogP contribution in [0.2, 0.25) is 0 Å². The highest BCUT2D eigenvalue weighted by Crippen LogP contribution is 2.43. The van der Waals surface area contributed by atoms with Crippen molar-refractivity contribution in [1.82, 2.24) is 4.90 Å². The molecule has 2 rings (SSSR count). The fourth-order valence-electron chi connectivity index (χ4n) is 3.41. The maximum absolute atomic E-state index is 13.2. The Labute approximate surface area is 108 Å². The zero-order valence-corrected chi connectivity index (χ0v) is 11.5. The minimum Gasteiger partial charge on any atom is -0.390 e. The van der Waals surface area contributed by atoms with Crippen molar-refractivity contribution < 1.29 is 13.9 Å². The van der Waals surface area contributed by atoms with Crippen LogP contribution in [0, 0.1) is 5.92 Å². The number of piperidine rings is 1. The fourth-order valence-corrected chi connectivity index (χ4v) is 3.41. The molecule has 0 amide bonds. The maximum Gasteiger partial charge on any atom is 0.248 e. The number of rotatable bonds is 3. The molecule has 1 aliphatic carbocycles. The SMILES string of the molecule is CC(C)N1CCC(O)(CC2CCC(F)(F)C2)CC1. The molecule has 0 bridgehead atoms. The standard InChI is InChI=1S/C14H25F2NO/c1-11(2)17-7-5-13(18,6-8-17)9-12-3-4-14(15,16)10-12/h11-12,18H,3-10H2,1-2H3. The summed E-state index contributed by atoms with van der Waals surface area (Å²) in [5.74, 6) is -2.48. The molecule has 18 heavy (non-hydrogen) atoms. The zero-order valence-electron chi connectivity index (χ0n) is 11.5. The second-order valence-electron chi connectivity index (χ2n) is 6.52. The van der Waals surface area contributed by atoms with Crippen LogP contribution in [0.4, 0.5) is 8.78 Å². The van der Waals surface area contributed by atoms with E-state index in [1.807, 2.05) is 0 Å². The van der Waals surface area contributed by atoms with Crippen LogP contribution >= 0.6 is 0 Å². The monoisotopic (exact) mass is 261 g/mol. The van der Waals surface area contributed by atoms with E-state index in [0.29, 0.717) is 18.9 Å². The van der Waals surface area contributed by atoms with Crippen molar-refractivity contribution in [3.63, 3.8) is 0 Å². The highest BCUT2D eigenvalue weighted by atomic mass is 19.3. The van der Waals surface area contributed by atoms with Gasteiger partial charge in [0.05, 0.1) is 5.60 Å². The van der Waals surface area contributed by atoms with Crippen molar-refractivity contribution in [2.75, 3.05) is 13.1 Å². The summed E-state index contributed by atoms with van der Waals surface area (Å²) in [6, 6.07) is 0.505. The Morgan fingerprint density at radius 1 is 1.22 bits per heavy atom. The summed E-state index contributed by atoms with van der Waals surface area (Å²) in [5, 5.41) is 10.5. The van der Waals surface area contributed by atoms with E-state index in [1.54, 1.807) is 0 Å². The van der Waals surface area contributed by atoms with Crippen molar-refractivity contribution in [1.29, 1.82) is 0 Å². The third-order valence-corrected chi connectivity index (χ3v) is 4.63. The Morgan fingerprint density at radius 3 is 2.28 bits per heavy atom. The first kappa shape index (κ1) is 14.2. The van der Waals surface area contributed by atoms with Crippen LogP contribution in [0.1, 0.15) is 52.4 Å². The van der Waals surface area contributed by atoms with Gasteiger partial charge in [-0.05, 0) is 45.4 Å². The number of hydrogen-bond acceptors (Lipinski definition) is 2. The highest BCUT2D eigenvalue weighted by Gasteiger charge is 2.43. The summed E-state index contributed by atoms with van der Waals surface area (Å²) >= 11 is 0. The molecule has 1 saturated carbocycles. The molecule has 1 N–H and O–H groups in total. The van der Waals surface area contributed by atoms with Crippen molar-refractivity contribution >= 4 is 0 Å². The lowest BCUT2D eigenvalue weighted by atomic mass is 9.82. The molecule has 0 aromatic carbocycles.